The van der Waals surface area contributed by atoms with Gasteiger partial charge in [-0.1, -0.05) is 32.2 Å². The second-order valence-corrected chi connectivity index (χ2v) is 10.2. The quantitative estimate of drug-likeness (QED) is 0.381. The number of halogens is 2. The molecule has 2 aromatic heterocycles. The minimum absolute atomic E-state index is 0.0150. The highest BCUT2D eigenvalue weighted by molar-refractivity contribution is 6.07. The fourth-order valence-electron chi connectivity index (χ4n) is 5.65. The van der Waals surface area contributed by atoms with Crippen LogP contribution >= 0.6 is 0 Å². The van der Waals surface area contributed by atoms with Crippen molar-refractivity contribution in [2.45, 2.75) is 26.7 Å². The topological polar surface area (TPSA) is 47.9 Å². The number of aryl methyl sites for hydroxylation is 2. The maximum atomic E-state index is 15.9. The van der Waals surface area contributed by atoms with Gasteiger partial charge in [0.25, 0.3) is 0 Å². The number of hydrogen-bond acceptors (Lipinski definition) is 6. The second-order valence-electron chi connectivity index (χ2n) is 10.2. The molecule has 3 aliphatic heterocycles. The van der Waals surface area contributed by atoms with E-state index in [4.69, 9.17) is 9.98 Å². The molecule has 3 aliphatic rings. The Morgan fingerprint density at radius 2 is 1.82 bits per heavy atom. The van der Waals surface area contributed by atoms with Crippen LogP contribution in [0, 0.1) is 25.5 Å². The lowest BCUT2D eigenvalue weighted by Gasteiger charge is -2.42. The van der Waals surface area contributed by atoms with Crippen molar-refractivity contribution in [2.24, 2.45) is 4.99 Å². The minimum atomic E-state index is -0.589. The monoisotopic (exact) mass is 524 g/mol. The third-order valence-electron chi connectivity index (χ3n) is 7.75. The predicted octanol–water partition coefficient (Wildman–Crippen LogP) is 6.21. The summed E-state index contributed by atoms with van der Waals surface area (Å²) in [6.45, 7) is 16.6. The van der Waals surface area contributed by atoms with Crippen molar-refractivity contribution in [3.05, 3.63) is 107 Å². The molecule has 6 nitrogen and oxygen atoms in total. The van der Waals surface area contributed by atoms with Crippen molar-refractivity contribution in [3.63, 3.8) is 0 Å². The van der Waals surface area contributed by atoms with E-state index in [0.717, 1.165) is 35.7 Å². The van der Waals surface area contributed by atoms with Gasteiger partial charge in [-0.25, -0.2) is 18.8 Å². The van der Waals surface area contributed by atoms with E-state index in [9.17, 15) is 0 Å². The van der Waals surface area contributed by atoms with Gasteiger partial charge in [0, 0.05) is 49.6 Å². The lowest BCUT2D eigenvalue weighted by Crippen LogP contribution is -2.49. The van der Waals surface area contributed by atoms with Gasteiger partial charge in [-0.15, -0.1) is 0 Å². The Hall–Kier alpha value is -4.33. The van der Waals surface area contributed by atoms with Crippen LogP contribution in [0.4, 0.5) is 20.3 Å². The van der Waals surface area contributed by atoms with Gasteiger partial charge < -0.3 is 9.80 Å². The molecule has 5 heterocycles. The van der Waals surface area contributed by atoms with E-state index in [0.29, 0.717) is 41.7 Å². The Bertz CT molecular complexity index is 1560. The molecule has 1 atom stereocenters. The number of aliphatic imine (C=N–C) groups is 1. The molecule has 0 bridgehead atoms. The Kier molecular flexibility index (Phi) is 6.05. The van der Waals surface area contributed by atoms with Crippen molar-refractivity contribution < 1.29 is 8.78 Å². The van der Waals surface area contributed by atoms with Crippen molar-refractivity contribution in [3.8, 4) is 11.3 Å². The molecule has 0 radical (unpaired) electrons. The zero-order valence-corrected chi connectivity index (χ0v) is 22.4. The second kappa shape index (κ2) is 9.45. The third kappa shape index (κ3) is 4.02. The summed E-state index contributed by atoms with van der Waals surface area (Å²) in [6.07, 6.45) is 5.62. The van der Waals surface area contributed by atoms with Crippen LogP contribution < -0.4 is 4.90 Å². The summed E-state index contributed by atoms with van der Waals surface area (Å²) in [5, 5.41) is 0. The van der Waals surface area contributed by atoms with Gasteiger partial charge in [0.1, 0.15) is 29.0 Å². The van der Waals surface area contributed by atoms with Crippen molar-refractivity contribution in [1.29, 1.82) is 0 Å². The maximum Gasteiger partial charge on any atom is 0.150 e. The average Bonchev–Trinajstić information content (AvgIpc) is 2.93. The third-order valence-corrected chi connectivity index (χ3v) is 7.75. The number of rotatable bonds is 3. The van der Waals surface area contributed by atoms with Crippen LogP contribution in [-0.4, -0.2) is 51.8 Å². The summed E-state index contributed by atoms with van der Waals surface area (Å²) < 4.78 is 30.9. The van der Waals surface area contributed by atoms with Gasteiger partial charge in [0.2, 0.25) is 0 Å². The van der Waals surface area contributed by atoms with E-state index in [2.05, 4.69) is 40.9 Å². The number of piperazine rings is 1. The summed E-state index contributed by atoms with van der Waals surface area (Å²) >= 11 is 0. The number of anilines is 2. The highest BCUT2D eigenvalue weighted by Gasteiger charge is 2.37. The zero-order valence-electron chi connectivity index (χ0n) is 22.4. The summed E-state index contributed by atoms with van der Waals surface area (Å²) in [6, 6.07) is 8.12. The van der Waals surface area contributed by atoms with Crippen LogP contribution in [0.2, 0.25) is 0 Å². The summed E-state index contributed by atoms with van der Waals surface area (Å²) in [4.78, 5) is 20.9. The first-order valence-electron chi connectivity index (χ1n) is 13.1. The predicted molar refractivity (Wildman–Crippen MR) is 151 cm³/mol. The Morgan fingerprint density at radius 3 is 2.54 bits per heavy atom. The summed E-state index contributed by atoms with van der Waals surface area (Å²) in [5.41, 5.74) is 5.01. The molecular weight excluding hydrogens is 494 g/mol. The van der Waals surface area contributed by atoms with Gasteiger partial charge in [-0.2, -0.15) is 0 Å². The van der Waals surface area contributed by atoms with Crippen LogP contribution in [0.1, 0.15) is 35.2 Å². The van der Waals surface area contributed by atoms with E-state index in [1.54, 1.807) is 31.3 Å². The van der Waals surface area contributed by atoms with Crippen molar-refractivity contribution >= 4 is 17.3 Å². The molecule has 6 rings (SSSR count). The van der Waals surface area contributed by atoms with Crippen LogP contribution in [0.3, 0.4) is 0 Å². The lowest BCUT2D eigenvalue weighted by molar-refractivity contribution is 0.227. The molecule has 0 N–H and O–H groups in total. The largest absolute Gasteiger partial charge is 0.368 e. The first kappa shape index (κ1) is 25.0. The molecule has 0 amide bonds. The average molecular weight is 525 g/mol. The van der Waals surface area contributed by atoms with Crippen LogP contribution in [0.25, 0.3) is 11.3 Å². The highest BCUT2D eigenvalue weighted by atomic mass is 19.1. The molecule has 3 aromatic rings. The molecule has 0 saturated carbocycles. The number of hydrogen-bond donors (Lipinski definition) is 0. The van der Waals surface area contributed by atoms with E-state index in [-0.39, 0.29) is 17.2 Å². The SMILES string of the molecule is C=CC(=C)N1CCN(C2=NC3=CC(C)c4nccc(C)c4N3c3nc(-c4c(C)cccc4F)c(F)cc32)CC1. The lowest BCUT2D eigenvalue weighted by atomic mass is 9.95. The van der Waals surface area contributed by atoms with Crippen LogP contribution in [-0.2, 0) is 0 Å². The van der Waals surface area contributed by atoms with Gasteiger partial charge in [-0.05, 0) is 55.3 Å². The molecule has 1 aromatic carbocycles. The molecule has 8 heteroatoms. The fraction of sp³-hybridized carbons (Fsp3) is 0.258. The first-order valence-corrected chi connectivity index (χ1v) is 13.1. The molecule has 0 aliphatic carbocycles. The summed E-state index contributed by atoms with van der Waals surface area (Å²) in [5.74, 6) is 0.824. The van der Waals surface area contributed by atoms with Crippen molar-refractivity contribution in [1.82, 2.24) is 19.8 Å². The van der Waals surface area contributed by atoms with Gasteiger partial charge >= 0.3 is 0 Å². The van der Waals surface area contributed by atoms with Crippen molar-refractivity contribution in [2.75, 3.05) is 31.1 Å². The van der Waals surface area contributed by atoms with Gasteiger partial charge in [0.15, 0.2) is 5.82 Å². The normalized spacial score (nSPS) is 18.1. The number of benzene rings is 1. The number of allylic oxidation sites excluding steroid dienone is 2. The number of aromatic nitrogens is 2. The van der Waals surface area contributed by atoms with Gasteiger partial charge in [-0.3, -0.25) is 9.88 Å². The standard InChI is InChI=1S/C31H30F2N6/c1-6-21(5)37-12-14-38(15-13-37)30-22-17-24(33)28(26-18(2)8-7-9-23(26)32)36-31(22)39-25(35-30)16-20(4)27-29(39)19(3)10-11-34-27/h6-11,16-17,20H,1,5,12-15H2,2-4H3. The first-order chi connectivity index (χ1) is 18.8. The van der Waals surface area contributed by atoms with E-state index >= 15 is 8.78 Å². The maximum absolute atomic E-state index is 15.9. The number of nitrogens with zero attached hydrogens (tertiary/aromatic N) is 6. The van der Waals surface area contributed by atoms with E-state index in [1.165, 1.54) is 12.1 Å². The van der Waals surface area contributed by atoms with Crippen LogP contribution in [0.5, 0.6) is 0 Å². The van der Waals surface area contributed by atoms with Crippen LogP contribution in [0.15, 0.2) is 78.3 Å². The fourth-order valence-corrected chi connectivity index (χ4v) is 5.65. The molecule has 1 unspecified atom stereocenters. The Labute approximate surface area is 227 Å². The smallest absolute Gasteiger partial charge is 0.150 e. The molecule has 1 fully saturated rings. The minimum Gasteiger partial charge on any atom is -0.368 e. The number of fused-ring (bicyclic) bond motifs is 5. The molecule has 0 spiro atoms. The Balaban J connectivity index is 1.55. The Morgan fingerprint density at radius 1 is 1.05 bits per heavy atom. The number of pyridine rings is 2. The van der Waals surface area contributed by atoms with E-state index in [1.807, 2.05) is 17.9 Å². The molecule has 1 saturated heterocycles. The van der Waals surface area contributed by atoms with E-state index < -0.39 is 11.6 Å². The highest BCUT2D eigenvalue weighted by Crippen LogP contribution is 2.46. The van der Waals surface area contributed by atoms with Gasteiger partial charge in [0.05, 0.1) is 16.9 Å². The number of amidine groups is 1. The molecular formula is C31H30F2N6. The summed E-state index contributed by atoms with van der Waals surface area (Å²) in [7, 11) is 0. The zero-order chi connectivity index (χ0) is 27.4. The molecule has 39 heavy (non-hydrogen) atoms. The molecule has 198 valence electrons.